The van der Waals surface area contributed by atoms with Crippen LogP contribution in [0, 0.1) is 6.92 Å². The van der Waals surface area contributed by atoms with E-state index in [1.807, 2.05) is 32.0 Å². The number of likely N-dealkylation sites (N-methyl/N-ethyl adjacent to an activating group) is 1. The summed E-state index contributed by atoms with van der Waals surface area (Å²) in [6.07, 6.45) is 0. The average Bonchev–Trinajstić information content (AvgIpc) is 2.01. The summed E-state index contributed by atoms with van der Waals surface area (Å²) in [6, 6.07) is 6.31. The molecule has 14 heavy (non-hydrogen) atoms. The molecule has 0 aliphatic rings. The summed E-state index contributed by atoms with van der Waals surface area (Å²) in [5, 5.41) is 0. The second kappa shape index (κ2) is 5.08. The van der Waals surface area contributed by atoms with Crippen molar-refractivity contribution in [2.24, 2.45) is 5.73 Å². The molecule has 1 rings (SSSR count). The van der Waals surface area contributed by atoms with E-state index >= 15 is 0 Å². The number of aromatic nitrogens is 1. The van der Waals surface area contributed by atoms with Crippen molar-refractivity contribution in [3.05, 3.63) is 29.6 Å². The van der Waals surface area contributed by atoms with Crippen LogP contribution in [0.5, 0.6) is 0 Å². The first-order valence-electron chi connectivity index (χ1n) is 4.94. The van der Waals surface area contributed by atoms with E-state index in [-0.39, 0.29) is 6.04 Å². The van der Waals surface area contributed by atoms with Crippen LogP contribution >= 0.6 is 0 Å². The molecule has 78 valence electrons. The molecule has 3 nitrogen and oxygen atoms in total. The number of hydrogen-bond acceptors (Lipinski definition) is 3. The fourth-order valence-electron chi connectivity index (χ4n) is 1.52. The van der Waals surface area contributed by atoms with E-state index in [0.29, 0.717) is 0 Å². The summed E-state index contributed by atoms with van der Waals surface area (Å²) in [6.45, 7) is 5.79. The molecule has 0 radical (unpaired) electrons. The van der Waals surface area contributed by atoms with E-state index in [0.717, 1.165) is 24.5 Å². The number of nitrogens with zero attached hydrogens (tertiary/aromatic N) is 2. The number of pyridine rings is 1. The van der Waals surface area contributed by atoms with Gasteiger partial charge in [0.05, 0.1) is 5.69 Å². The Labute approximate surface area is 85.9 Å². The molecule has 2 N–H and O–H groups in total. The highest BCUT2D eigenvalue weighted by Crippen LogP contribution is 2.01. The summed E-state index contributed by atoms with van der Waals surface area (Å²) in [5.74, 6) is 0. The molecule has 3 heteroatoms. The Balaban J connectivity index is 2.51. The van der Waals surface area contributed by atoms with Crippen molar-refractivity contribution in [2.75, 3.05) is 13.6 Å². The minimum Gasteiger partial charge on any atom is -0.327 e. The molecule has 1 aromatic heterocycles. The minimum absolute atomic E-state index is 0.213. The van der Waals surface area contributed by atoms with Gasteiger partial charge in [0.2, 0.25) is 0 Å². The van der Waals surface area contributed by atoms with Crippen LogP contribution in [0.1, 0.15) is 18.3 Å². The van der Waals surface area contributed by atoms with Crippen LogP contribution < -0.4 is 5.73 Å². The normalized spacial score (nSPS) is 13.2. The molecule has 0 unspecified atom stereocenters. The maximum absolute atomic E-state index is 5.71. The molecule has 0 saturated carbocycles. The molecule has 0 aliphatic heterocycles. The third kappa shape index (κ3) is 3.85. The number of nitrogens with two attached hydrogens (primary N) is 1. The smallest absolute Gasteiger partial charge is 0.0547 e. The lowest BCUT2D eigenvalue weighted by molar-refractivity contribution is 0.306. The van der Waals surface area contributed by atoms with Gasteiger partial charge in [0.15, 0.2) is 0 Å². The predicted octanol–water partition coefficient (Wildman–Crippen LogP) is 1.17. The maximum Gasteiger partial charge on any atom is 0.0547 e. The second-order valence-electron chi connectivity index (χ2n) is 3.94. The zero-order valence-electron chi connectivity index (χ0n) is 9.20. The van der Waals surface area contributed by atoms with E-state index < -0.39 is 0 Å². The largest absolute Gasteiger partial charge is 0.327 e. The molecule has 1 heterocycles. The van der Waals surface area contributed by atoms with Crippen LogP contribution in [0.4, 0.5) is 0 Å². The monoisotopic (exact) mass is 193 g/mol. The van der Waals surface area contributed by atoms with Crippen LogP contribution in [0.25, 0.3) is 0 Å². The fourth-order valence-corrected chi connectivity index (χ4v) is 1.52. The molecular formula is C11H19N3. The molecule has 0 amide bonds. The highest BCUT2D eigenvalue weighted by molar-refractivity contribution is 5.09. The topological polar surface area (TPSA) is 42.1 Å². The SMILES string of the molecule is Cc1cccc(CN(C)C[C@@H](C)N)n1. The van der Waals surface area contributed by atoms with Crippen LogP contribution in [-0.4, -0.2) is 29.5 Å². The van der Waals surface area contributed by atoms with Crippen molar-refractivity contribution >= 4 is 0 Å². The minimum atomic E-state index is 0.213. The van der Waals surface area contributed by atoms with Gasteiger partial charge in [0.1, 0.15) is 0 Å². The van der Waals surface area contributed by atoms with Crippen LogP contribution in [-0.2, 0) is 6.54 Å². The first-order valence-corrected chi connectivity index (χ1v) is 4.94. The van der Waals surface area contributed by atoms with Crippen molar-refractivity contribution < 1.29 is 0 Å². The second-order valence-corrected chi connectivity index (χ2v) is 3.94. The number of aryl methyl sites for hydroxylation is 1. The van der Waals surface area contributed by atoms with Crippen LogP contribution in [0.15, 0.2) is 18.2 Å². The third-order valence-electron chi connectivity index (χ3n) is 1.98. The Morgan fingerprint density at radius 1 is 1.50 bits per heavy atom. The third-order valence-corrected chi connectivity index (χ3v) is 1.98. The van der Waals surface area contributed by atoms with Gasteiger partial charge in [0.25, 0.3) is 0 Å². The Morgan fingerprint density at radius 3 is 2.79 bits per heavy atom. The van der Waals surface area contributed by atoms with Crippen molar-refractivity contribution in [3.63, 3.8) is 0 Å². The molecule has 0 aromatic carbocycles. The quantitative estimate of drug-likeness (QED) is 0.780. The van der Waals surface area contributed by atoms with E-state index in [9.17, 15) is 0 Å². The molecule has 1 aromatic rings. The summed E-state index contributed by atoms with van der Waals surface area (Å²) in [5.41, 5.74) is 7.89. The van der Waals surface area contributed by atoms with Crippen LogP contribution in [0.2, 0.25) is 0 Å². The lowest BCUT2D eigenvalue weighted by Crippen LogP contribution is -2.32. The van der Waals surface area contributed by atoms with E-state index in [2.05, 4.69) is 16.9 Å². The van der Waals surface area contributed by atoms with Gasteiger partial charge in [-0.2, -0.15) is 0 Å². The maximum atomic E-state index is 5.71. The van der Waals surface area contributed by atoms with E-state index in [1.165, 1.54) is 0 Å². The van der Waals surface area contributed by atoms with Crippen molar-refractivity contribution in [3.8, 4) is 0 Å². The van der Waals surface area contributed by atoms with Gasteiger partial charge in [-0.1, -0.05) is 6.07 Å². The van der Waals surface area contributed by atoms with Gasteiger partial charge in [0, 0.05) is 24.8 Å². The fraction of sp³-hybridized carbons (Fsp3) is 0.545. The lowest BCUT2D eigenvalue weighted by atomic mass is 10.3. The summed E-state index contributed by atoms with van der Waals surface area (Å²) >= 11 is 0. The molecule has 0 fully saturated rings. The first kappa shape index (κ1) is 11.1. The Morgan fingerprint density at radius 2 is 2.21 bits per heavy atom. The molecule has 0 spiro atoms. The van der Waals surface area contributed by atoms with Gasteiger partial charge < -0.3 is 5.73 Å². The molecule has 0 saturated heterocycles. The molecule has 0 aliphatic carbocycles. The average molecular weight is 193 g/mol. The molecular weight excluding hydrogens is 174 g/mol. The highest BCUT2D eigenvalue weighted by Gasteiger charge is 2.03. The first-order chi connectivity index (χ1) is 6.58. The highest BCUT2D eigenvalue weighted by atomic mass is 15.1. The van der Waals surface area contributed by atoms with Gasteiger partial charge in [-0.3, -0.25) is 9.88 Å². The summed E-state index contributed by atoms with van der Waals surface area (Å²) in [7, 11) is 2.06. The summed E-state index contributed by atoms with van der Waals surface area (Å²) < 4.78 is 0. The summed E-state index contributed by atoms with van der Waals surface area (Å²) in [4.78, 5) is 6.62. The number of rotatable bonds is 4. The van der Waals surface area contributed by atoms with E-state index in [1.54, 1.807) is 0 Å². The standard InChI is InChI=1S/C11H19N3/c1-9(12)7-14(3)8-11-6-4-5-10(2)13-11/h4-6,9H,7-8,12H2,1-3H3/t9-/m1/s1. The van der Waals surface area contributed by atoms with Gasteiger partial charge in [-0.05, 0) is 33.0 Å². The zero-order chi connectivity index (χ0) is 10.6. The Kier molecular flexibility index (Phi) is 4.04. The van der Waals surface area contributed by atoms with Gasteiger partial charge in [-0.15, -0.1) is 0 Å². The Bertz CT molecular complexity index is 284. The molecule has 0 bridgehead atoms. The van der Waals surface area contributed by atoms with Gasteiger partial charge in [-0.25, -0.2) is 0 Å². The van der Waals surface area contributed by atoms with Crippen molar-refractivity contribution in [1.82, 2.24) is 9.88 Å². The van der Waals surface area contributed by atoms with E-state index in [4.69, 9.17) is 5.73 Å². The zero-order valence-corrected chi connectivity index (χ0v) is 9.20. The lowest BCUT2D eigenvalue weighted by Gasteiger charge is -2.18. The van der Waals surface area contributed by atoms with Gasteiger partial charge >= 0.3 is 0 Å². The predicted molar refractivity (Wildman–Crippen MR) is 59.0 cm³/mol. The van der Waals surface area contributed by atoms with Crippen molar-refractivity contribution in [1.29, 1.82) is 0 Å². The van der Waals surface area contributed by atoms with Crippen molar-refractivity contribution in [2.45, 2.75) is 26.4 Å². The number of hydrogen-bond donors (Lipinski definition) is 1. The van der Waals surface area contributed by atoms with Crippen LogP contribution in [0.3, 0.4) is 0 Å². The molecule has 1 atom stereocenters. The Hall–Kier alpha value is -0.930.